The molecule has 1 amide bonds. The molecule has 0 bridgehead atoms. The maximum absolute atomic E-state index is 12.6. The predicted molar refractivity (Wildman–Crippen MR) is 94.9 cm³/mol. The number of amides is 1. The summed E-state index contributed by atoms with van der Waals surface area (Å²) in [5.74, 6) is -0.0522. The Bertz CT molecular complexity index is 902. The molecular formula is C20H18N2O2. The minimum atomic E-state index is -0.730. The topological polar surface area (TPSA) is 52.6 Å². The van der Waals surface area contributed by atoms with Gasteiger partial charge in [0.05, 0.1) is 24.9 Å². The SMILES string of the molecule is O=C1c2ccccc2NCN1CC(O)c1cccc2ccccc12. The molecule has 3 aromatic carbocycles. The number of benzene rings is 3. The van der Waals surface area contributed by atoms with Crippen LogP contribution in [0, 0.1) is 0 Å². The van der Waals surface area contributed by atoms with Crippen molar-refractivity contribution in [2.45, 2.75) is 6.10 Å². The van der Waals surface area contributed by atoms with E-state index in [9.17, 15) is 9.90 Å². The molecule has 0 radical (unpaired) electrons. The van der Waals surface area contributed by atoms with Gasteiger partial charge in [0.25, 0.3) is 5.91 Å². The molecule has 2 N–H and O–H groups in total. The Morgan fingerprint density at radius 2 is 1.75 bits per heavy atom. The van der Waals surface area contributed by atoms with Crippen LogP contribution < -0.4 is 5.32 Å². The van der Waals surface area contributed by atoms with Crippen molar-refractivity contribution in [2.75, 3.05) is 18.5 Å². The molecule has 1 aliphatic rings. The molecule has 0 aliphatic carbocycles. The van der Waals surface area contributed by atoms with Gasteiger partial charge in [0.1, 0.15) is 0 Å². The van der Waals surface area contributed by atoms with E-state index in [1.54, 1.807) is 11.0 Å². The average molecular weight is 318 g/mol. The number of carbonyl (C=O) groups excluding carboxylic acids is 1. The van der Waals surface area contributed by atoms with Gasteiger partial charge < -0.3 is 15.3 Å². The van der Waals surface area contributed by atoms with Crippen molar-refractivity contribution < 1.29 is 9.90 Å². The van der Waals surface area contributed by atoms with Crippen molar-refractivity contribution in [1.82, 2.24) is 4.90 Å². The standard InChI is InChI=1S/C20H18N2O2/c23-19(16-10-5-7-14-6-1-2-8-15(14)16)12-22-13-21-18-11-4-3-9-17(18)20(22)24/h1-11,19,21,23H,12-13H2. The molecule has 0 saturated heterocycles. The van der Waals surface area contributed by atoms with E-state index in [1.165, 1.54) is 0 Å². The lowest BCUT2D eigenvalue weighted by Crippen LogP contribution is -2.42. The summed E-state index contributed by atoms with van der Waals surface area (Å²) in [5.41, 5.74) is 2.34. The Labute approximate surface area is 140 Å². The van der Waals surface area contributed by atoms with Crippen LogP contribution >= 0.6 is 0 Å². The molecule has 4 rings (SSSR count). The summed E-state index contributed by atoms with van der Waals surface area (Å²) >= 11 is 0. The van der Waals surface area contributed by atoms with Crippen molar-refractivity contribution in [3.05, 3.63) is 77.9 Å². The molecule has 1 heterocycles. The van der Waals surface area contributed by atoms with E-state index in [0.29, 0.717) is 12.2 Å². The van der Waals surface area contributed by atoms with Crippen molar-refractivity contribution in [3.8, 4) is 0 Å². The van der Waals surface area contributed by atoms with E-state index in [1.807, 2.05) is 60.7 Å². The first-order chi connectivity index (χ1) is 11.7. The van der Waals surface area contributed by atoms with Crippen LogP contribution in [-0.4, -0.2) is 29.1 Å². The Hall–Kier alpha value is -2.85. The zero-order valence-corrected chi connectivity index (χ0v) is 13.1. The van der Waals surface area contributed by atoms with Crippen LogP contribution in [0.2, 0.25) is 0 Å². The molecule has 3 aromatic rings. The highest BCUT2D eigenvalue weighted by atomic mass is 16.3. The minimum absolute atomic E-state index is 0.0522. The Kier molecular flexibility index (Phi) is 3.67. The number of nitrogens with one attached hydrogen (secondary N) is 1. The van der Waals surface area contributed by atoms with Crippen LogP contribution in [0.25, 0.3) is 10.8 Å². The summed E-state index contributed by atoms with van der Waals surface area (Å²) in [6.07, 6.45) is -0.730. The molecule has 1 aliphatic heterocycles. The lowest BCUT2D eigenvalue weighted by atomic mass is 9.99. The Morgan fingerprint density at radius 3 is 2.67 bits per heavy atom. The van der Waals surface area contributed by atoms with Gasteiger partial charge in [-0.15, -0.1) is 0 Å². The molecule has 0 aromatic heterocycles. The number of anilines is 1. The van der Waals surface area contributed by atoms with Gasteiger partial charge >= 0.3 is 0 Å². The second-order valence-electron chi connectivity index (χ2n) is 5.99. The second-order valence-corrected chi connectivity index (χ2v) is 5.99. The van der Waals surface area contributed by atoms with E-state index < -0.39 is 6.10 Å². The van der Waals surface area contributed by atoms with Gasteiger partial charge in [0, 0.05) is 5.69 Å². The lowest BCUT2D eigenvalue weighted by molar-refractivity contribution is 0.0630. The van der Waals surface area contributed by atoms with Crippen LogP contribution in [0.4, 0.5) is 5.69 Å². The number of hydrogen-bond donors (Lipinski definition) is 2. The Balaban J connectivity index is 1.60. The van der Waals surface area contributed by atoms with Gasteiger partial charge in [0.15, 0.2) is 0 Å². The van der Waals surface area contributed by atoms with Crippen LogP contribution in [0.5, 0.6) is 0 Å². The molecule has 0 saturated carbocycles. The number of rotatable bonds is 3. The van der Waals surface area contributed by atoms with Crippen LogP contribution in [0.15, 0.2) is 66.7 Å². The maximum atomic E-state index is 12.6. The molecule has 4 heteroatoms. The summed E-state index contributed by atoms with van der Waals surface area (Å²) < 4.78 is 0. The molecule has 4 nitrogen and oxygen atoms in total. The normalized spacial score (nSPS) is 15.0. The third kappa shape index (κ3) is 2.51. The zero-order valence-electron chi connectivity index (χ0n) is 13.1. The van der Waals surface area contributed by atoms with Crippen LogP contribution in [0.1, 0.15) is 22.0 Å². The molecule has 0 fully saturated rings. The fraction of sp³-hybridized carbons (Fsp3) is 0.150. The van der Waals surface area contributed by atoms with E-state index in [2.05, 4.69) is 5.32 Å². The van der Waals surface area contributed by atoms with Crippen LogP contribution in [0.3, 0.4) is 0 Å². The zero-order chi connectivity index (χ0) is 16.5. The average Bonchev–Trinajstić information content (AvgIpc) is 2.63. The maximum Gasteiger partial charge on any atom is 0.257 e. The van der Waals surface area contributed by atoms with Crippen molar-refractivity contribution in [3.63, 3.8) is 0 Å². The number of hydrogen-bond acceptors (Lipinski definition) is 3. The van der Waals surface area contributed by atoms with Gasteiger partial charge in [-0.05, 0) is 28.5 Å². The summed E-state index contributed by atoms with van der Waals surface area (Å²) in [6.45, 7) is 0.659. The number of β-amino-alcohol motifs (C(OH)–C–C–N with tert-alkyl or cyclic N) is 1. The summed E-state index contributed by atoms with van der Waals surface area (Å²) in [4.78, 5) is 14.3. The molecule has 1 unspecified atom stereocenters. The highest BCUT2D eigenvalue weighted by molar-refractivity contribution is 6.01. The monoisotopic (exact) mass is 318 g/mol. The van der Waals surface area contributed by atoms with E-state index >= 15 is 0 Å². The van der Waals surface area contributed by atoms with Gasteiger partial charge in [0.2, 0.25) is 0 Å². The van der Waals surface area contributed by atoms with E-state index in [-0.39, 0.29) is 12.5 Å². The fourth-order valence-corrected chi connectivity index (χ4v) is 3.24. The quantitative estimate of drug-likeness (QED) is 0.778. The summed E-state index contributed by atoms with van der Waals surface area (Å²) in [6, 6.07) is 21.3. The Morgan fingerprint density at radius 1 is 1.00 bits per heavy atom. The minimum Gasteiger partial charge on any atom is -0.387 e. The van der Waals surface area contributed by atoms with Gasteiger partial charge in [-0.25, -0.2) is 0 Å². The highest BCUT2D eigenvalue weighted by Gasteiger charge is 2.26. The third-order valence-corrected chi connectivity index (χ3v) is 4.48. The number of aliphatic hydroxyl groups excluding tert-OH is 1. The molecule has 120 valence electrons. The van der Waals surface area contributed by atoms with Crippen molar-refractivity contribution >= 4 is 22.4 Å². The smallest absolute Gasteiger partial charge is 0.257 e. The molecule has 0 spiro atoms. The lowest BCUT2D eigenvalue weighted by Gasteiger charge is -2.31. The number of para-hydroxylation sites is 1. The highest BCUT2D eigenvalue weighted by Crippen LogP contribution is 2.27. The van der Waals surface area contributed by atoms with Gasteiger partial charge in [-0.3, -0.25) is 4.79 Å². The molecule has 1 atom stereocenters. The third-order valence-electron chi connectivity index (χ3n) is 4.48. The van der Waals surface area contributed by atoms with Gasteiger partial charge in [-0.1, -0.05) is 54.6 Å². The van der Waals surface area contributed by atoms with E-state index in [4.69, 9.17) is 0 Å². The number of nitrogens with zero attached hydrogens (tertiary/aromatic N) is 1. The van der Waals surface area contributed by atoms with E-state index in [0.717, 1.165) is 22.0 Å². The largest absolute Gasteiger partial charge is 0.387 e. The molecule has 24 heavy (non-hydrogen) atoms. The fourth-order valence-electron chi connectivity index (χ4n) is 3.24. The number of fused-ring (bicyclic) bond motifs is 2. The summed E-state index contributed by atoms with van der Waals surface area (Å²) in [5, 5.41) is 16.1. The summed E-state index contributed by atoms with van der Waals surface area (Å²) in [7, 11) is 0. The predicted octanol–water partition coefficient (Wildman–Crippen LogP) is 3.40. The van der Waals surface area contributed by atoms with Crippen LogP contribution in [-0.2, 0) is 0 Å². The van der Waals surface area contributed by atoms with Gasteiger partial charge in [-0.2, -0.15) is 0 Å². The van der Waals surface area contributed by atoms with Crippen molar-refractivity contribution in [2.24, 2.45) is 0 Å². The second kappa shape index (κ2) is 5.98. The first-order valence-corrected chi connectivity index (χ1v) is 8.02. The molecular weight excluding hydrogens is 300 g/mol. The first-order valence-electron chi connectivity index (χ1n) is 8.02. The van der Waals surface area contributed by atoms with Crippen molar-refractivity contribution in [1.29, 1.82) is 0 Å². The first kappa shape index (κ1) is 14.7. The number of aliphatic hydroxyl groups is 1. The number of carbonyl (C=O) groups is 1.